The molecule has 2 aromatic rings. The van der Waals surface area contributed by atoms with Crippen molar-refractivity contribution in [3.8, 4) is 5.75 Å². The molecule has 0 radical (unpaired) electrons. The highest BCUT2D eigenvalue weighted by Crippen LogP contribution is 2.35. The van der Waals surface area contributed by atoms with Crippen LogP contribution < -0.4 is 10.3 Å². The Morgan fingerprint density at radius 3 is 2.39 bits per heavy atom. The van der Waals surface area contributed by atoms with E-state index >= 15 is 0 Å². The van der Waals surface area contributed by atoms with E-state index in [1.165, 1.54) is 17.0 Å². The van der Waals surface area contributed by atoms with Gasteiger partial charge >= 0.3 is 18.0 Å². The number of carbonyl (C=O) groups excluding carboxylic acids is 3. The molecule has 1 fully saturated rings. The molecule has 10 nitrogen and oxygen atoms in total. The van der Waals surface area contributed by atoms with Crippen LogP contribution in [0, 0.1) is 5.92 Å². The number of nitrogens with one attached hydrogen (secondary N) is 1. The Kier molecular flexibility index (Phi) is 6.85. The molecule has 1 amide bonds. The van der Waals surface area contributed by atoms with Crippen LogP contribution in [0.25, 0.3) is 0 Å². The number of hydrogen-bond donors (Lipinski definition) is 1. The van der Waals surface area contributed by atoms with Crippen molar-refractivity contribution in [1.29, 1.82) is 0 Å². The van der Waals surface area contributed by atoms with Crippen molar-refractivity contribution in [1.82, 2.24) is 14.9 Å². The lowest BCUT2D eigenvalue weighted by molar-refractivity contribution is 0.0213. The van der Waals surface area contributed by atoms with Gasteiger partial charge in [-0.3, -0.25) is 9.69 Å². The third kappa shape index (κ3) is 5.57. The Labute approximate surface area is 190 Å². The molecule has 10 heteroatoms. The van der Waals surface area contributed by atoms with E-state index < -0.39 is 46.7 Å². The van der Waals surface area contributed by atoms with Crippen LogP contribution in [0.5, 0.6) is 5.75 Å². The quantitative estimate of drug-likeness (QED) is 0.694. The van der Waals surface area contributed by atoms with Crippen molar-refractivity contribution in [3.05, 3.63) is 57.8 Å². The minimum absolute atomic E-state index is 0.0788. The summed E-state index contributed by atoms with van der Waals surface area (Å²) in [4.78, 5) is 58.8. The van der Waals surface area contributed by atoms with Gasteiger partial charge in [-0.15, -0.1) is 0 Å². The predicted octanol–water partition coefficient (Wildman–Crippen LogP) is 3.09. The molecule has 0 aliphatic carbocycles. The molecule has 2 atom stereocenters. The van der Waals surface area contributed by atoms with E-state index in [4.69, 9.17) is 14.2 Å². The van der Waals surface area contributed by atoms with Gasteiger partial charge in [-0.2, -0.15) is 0 Å². The minimum atomic E-state index is -0.951. The van der Waals surface area contributed by atoms with Crippen LogP contribution in [-0.2, 0) is 9.47 Å². The molecule has 0 bridgehead atoms. The van der Waals surface area contributed by atoms with E-state index in [0.717, 1.165) is 7.11 Å². The fourth-order valence-electron chi connectivity index (χ4n) is 3.52. The largest absolute Gasteiger partial charge is 0.464 e. The van der Waals surface area contributed by atoms with Crippen LogP contribution in [0.4, 0.5) is 4.79 Å². The molecule has 1 aliphatic heterocycles. The fourth-order valence-corrected chi connectivity index (χ4v) is 3.52. The maximum absolute atomic E-state index is 12.9. The highest BCUT2D eigenvalue weighted by molar-refractivity contribution is 5.94. The van der Waals surface area contributed by atoms with Gasteiger partial charge in [0, 0.05) is 6.54 Å². The summed E-state index contributed by atoms with van der Waals surface area (Å²) in [7, 11) is 1.12. The summed E-state index contributed by atoms with van der Waals surface area (Å²) in [5, 5.41) is 0. The van der Waals surface area contributed by atoms with Crippen LogP contribution in [-0.4, -0.2) is 52.2 Å². The topological polar surface area (TPSA) is 128 Å². The van der Waals surface area contributed by atoms with E-state index in [1.807, 2.05) is 6.92 Å². The van der Waals surface area contributed by atoms with Gasteiger partial charge < -0.3 is 19.2 Å². The lowest BCUT2D eigenvalue weighted by Crippen LogP contribution is -2.38. The van der Waals surface area contributed by atoms with E-state index in [2.05, 4.69) is 9.97 Å². The van der Waals surface area contributed by atoms with Gasteiger partial charge in [0.1, 0.15) is 11.4 Å². The highest BCUT2D eigenvalue weighted by atomic mass is 16.6. The zero-order chi connectivity index (χ0) is 24.3. The Morgan fingerprint density at radius 1 is 1.12 bits per heavy atom. The lowest BCUT2D eigenvalue weighted by atomic mass is 10.1. The number of rotatable bonds is 4. The molecule has 1 aliphatic rings. The molecular formula is C23H27N3O7. The van der Waals surface area contributed by atoms with Gasteiger partial charge in [-0.05, 0) is 45.2 Å². The van der Waals surface area contributed by atoms with Gasteiger partial charge in [0.05, 0.1) is 18.7 Å². The molecule has 0 spiro atoms. The van der Waals surface area contributed by atoms with Crippen LogP contribution >= 0.6 is 0 Å². The van der Waals surface area contributed by atoms with Gasteiger partial charge in [0.15, 0.2) is 5.69 Å². The first-order chi connectivity index (χ1) is 15.5. The molecule has 0 saturated carbocycles. The van der Waals surface area contributed by atoms with Crippen LogP contribution in [0.3, 0.4) is 0 Å². The second-order valence-corrected chi connectivity index (χ2v) is 8.87. The Bertz CT molecular complexity index is 1110. The Morgan fingerprint density at radius 2 is 1.79 bits per heavy atom. The van der Waals surface area contributed by atoms with E-state index in [1.54, 1.807) is 39.0 Å². The first kappa shape index (κ1) is 24.0. The first-order valence-electron chi connectivity index (χ1n) is 10.5. The van der Waals surface area contributed by atoms with E-state index in [0.29, 0.717) is 13.0 Å². The summed E-state index contributed by atoms with van der Waals surface area (Å²) in [5.41, 5.74) is -1.81. The summed E-state index contributed by atoms with van der Waals surface area (Å²) in [6.07, 6.45) is -0.0648. The molecule has 176 valence electrons. The second kappa shape index (κ2) is 9.43. The van der Waals surface area contributed by atoms with Crippen LogP contribution in [0.15, 0.2) is 35.1 Å². The number of nitrogens with zero attached hydrogens (tertiary/aromatic N) is 2. The smallest absolute Gasteiger partial charge is 0.410 e. The van der Waals surface area contributed by atoms with Gasteiger partial charge in [-0.25, -0.2) is 19.4 Å². The molecule has 0 unspecified atom stereocenters. The van der Waals surface area contributed by atoms with Gasteiger partial charge in [0.25, 0.3) is 5.56 Å². The number of amides is 1. The zero-order valence-corrected chi connectivity index (χ0v) is 19.2. The molecule has 2 heterocycles. The number of hydrogen-bond acceptors (Lipinski definition) is 8. The summed E-state index contributed by atoms with van der Waals surface area (Å²) in [6.45, 7) is 7.61. The number of aromatic amines is 1. The maximum Gasteiger partial charge on any atom is 0.410 e. The number of esters is 2. The second-order valence-electron chi connectivity index (χ2n) is 8.87. The molecule has 1 N–H and O–H groups in total. The molecule has 1 aromatic heterocycles. The van der Waals surface area contributed by atoms with Crippen molar-refractivity contribution in [3.63, 3.8) is 0 Å². The van der Waals surface area contributed by atoms with Crippen molar-refractivity contribution in [2.75, 3.05) is 13.7 Å². The van der Waals surface area contributed by atoms with Crippen LogP contribution in [0.1, 0.15) is 66.8 Å². The monoisotopic (exact) mass is 457 g/mol. The van der Waals surface area contributed by atoms with Crippen molar-refractivity contribution in [2.24, 2.45) is 5.92 Å². The molecule has 1 saturated heterocycles. The minimum Gasteiger partial charge on any atom is -0.464 e. The number of H-pyrrole nitrogens is 1. The predicted molar refractivity (Wildman–Crippen MR) is 117 cm³/mol. The molecular weight excluding hydrogens is 430 g/mol. The SMILES string of the molecule is COC(=O)c1nc([C@@H]2C[C@H](C)CN2C(=O)OC(C)(C)C)[nH]c(=O)c1OC(=O)c1ccccc1. The average molecular weight is 457 g/mol. The first-order valence-corrected chi connectivity index (χ1v) is 10.5. The average Bonchev–Trinajstić information content (AvgIpc) is 3.15. The number of benzene rings is 1. The van der Waals surface area contributed by atoms with Gasteiger partial charge in [-0.1, -0.05) is 25.1 Å². The fraction of sp³-hybridized carbons (Fsp3) is 0.435. The van der Waals surface area contributed by atoms with Crippen molar-refractivity contribution < 1.29 is 28.6 Å². The summed E-state index contributed by atoms with van der Waals surface area (Å²) < 4.78 is 15.4. The van der Waals surface area contributed by atoms with E-state index in [-0.39, 0.29) is 17.3 Å². The Hall–Kier alpha value is -3.69. The third-order valence-corrected chi connectivity index (χ3v) is 4.93. The molecule has 3 rings (SSSR count). The van der Waals surface area contributed by atoms with Crippen molar-refractivity contribution >= 4 is 18.0 Å². The molecule has 33 heavy (non-hydrogen) atoms. The normalized spacial score (nSPS) is 18.0. The van der Waals surface area contributed by atoms with Crippen molar-refractivity contribution in [2.45, 2.75) is 45.8 Å². The number of methoxy groups -OCH3 is 1. The number of likely N-dealkylation sites (tertiary alicyclic amines) is 1. The lowest BCUT2D eigenvalue weighted by Gasteiger charge is -2.28. The van der Waals surface area contributed by atoms with Crippen LogP contribution in [0.2, 0.25) is 0 Å². The molecule has 1 aromatic carbocycles. The van der Waals surface area contributed by atoms with Gasteiger partial charge in [0.2, 0.25) is 5.75 Å². The number of ether oxygens (including phenoxy) is 3. The maximum atomic E-state index is 12.9. The number of aromatic nitrogens is 2. The zero-order valence-electron chi connectivity index (χ0n) is 19.2. The standard InChI is InChI=1S/C23H27N3O7/c1-13-11-15(26(12-13)22(30)33-23(2,3)4)18-24-16(21(29)31-5)17(19(27)25-18)32-20(28)14-9-7-6-8-10-14/h6-10,13,15H,11-12H2,1-5H3,(H,24,25,27)/t13-,15-/m0/s1. The number of carbonyl (C=O) groups is 3. The van der Waals surface area contributed by atoms with E-state index in [9.17, 15) is 19.2 Å². The summed E-state index contributed by atoms with van der Waals surface area (Å²) >= 11 is 0. The highest BCUT2D eigenvalue weighted by Gasteiger charge is 2.39. The third-order valence-electron chi connectivity index (χ3n) is 4.93. The summed E-state index contributed by atoms with van der Waals surface area (Å²) in [6, 6.07) is 7.37. The Balaban J connectivity index is 1.99. The summed E-state index contributed by atoms with van der Waals surface area (Å²) in [5.74, 6) is -2.17.